The smallest absolute Gasteiger partial charge is 0.253 e. The molecular weight excluding hydrogens is 278 g/mol. The van der Waals surface area contributed by atoms with Crippen LogP contribution < -0.4 is 16.4 Å². The van der Waals surface area contributed by atoms with Crippen LogP contribution in [0.1, 0.15) is 37.0 Å². The van der Waals surface area contributed by atoms with Gasteiger partial charge < -0.3 is 16.4 Å². The number of hydrogen-bond acceptors (Lipinski definition) is 3. The molecule has 6 heteroatoms. The van der Waals surface area contributed by atoms with Gasteiger partial charge in [-0.2, -0.15) is 0 Å². The number of rotatable bonds is 6. The number of carbonyl (C=O) groups is 2. The van der Waals surface area contributed by atoms with Gasteiger partial charge in [-0.15, -0.1) is 0 Å². The predicted octanol–water partition coefficient (Wildman–Crippen LogP) is 2.16. The van der Waals surface area contributed by atoms with Crippen LogP contribution in [0.5, 0.6) is 0 Å². The first-order chi connectivity index (χ1) is 9.43. The van der Waals surface area contributed by atoms with Crippen LogP contribution in [0.2, 0.25) is 5.02 Å². The van der Waals surface area contributed by atoms with E-state index in [4.69, 9.17) is 17.3 Å². The van der Waals surface area contributed by atoms with E-state index in [2.05, 4.69) is 10.6 Å². The molecule has 0 fully saturated rings. The highest BCUT2D eigenvalue weighted by molar-refractivity contribution is 6.31. The zero-order chi connectivity index (χ0) is 15.1. The van der Waals surface area contributed by atoms with E-state index < -0.39 is 0 Å². The van der Waals surface area contributed by atoms with Gasteiger partial charge >= 0.3 is 0 Å². The zero-order valence-electron chi connectivity index (χ0n) is 11.7. The second-order valence-electron chi connectivity index (χ2n) is 4.61. The Kier molecular flexibility index (Phi) is 6.48. The van der Waals surface area contributed by atoms with Crippen LogP contribution in [0.15, 0.2) is 18.2 Å². The van der Waals surface area contributed by atoms with Gasteiger partial charge in [0.15, 0.2) is 0 Å². The Morgan fingerprint density at radius 2 is 2.10 bits per heavy atom. The molecule has 0 spiro atoms. The highest BCUT2D eigenvalue weighted by atomic mass is 35.5. The van der Waals surface area contributed by atoms with Crippen LogP contribution in [0, 0.1) is 0 Å². The van der Waals surface area contributed by atoms with Crippen LogP contribution in [-0.4, -0.2) is 24.4 Å². The third-order valence-corrected chi connectivity index (χ3v) is 2.90. The number of benzene rings is 1. The molecule has 5 nitrogen and oxygen atoms in total. The molecule has 0 saturated carbocycles. The summed E-state index contributed by atoms with van der Waals surface area (Å²) in [4.78, 5) is 23.7. The van der Waals surface area contributed by atoms with Crippen molar-refractivity contribution in [3.8, 4) is 0 Å². The van der Waals surface area contributed by atoms with Crippen LogP contribution in [-0.2, 0) is 4.79 Å². The van der Waals surface area contributed by atoms with Crippen molar-refractivity contribution >= 4 is 29.1 Å². The number of hydrogen-bond donors (Lipinski definition) is 3. The molecule has 0 aliphatic rings. The van der Waals surface area contributed by atoms with Gasteiger partial charge in [0.1, 0.15) is 0 Å². The van der Waals surface area contributed by atoms with E-state index in [1.807, 2.05) is 13.8 Å². The minimum absolute atomic E-state index is 0.0335. The first-order valence-corrected chi connectivity index (χ1v) is 6.95. The Morgan fingerprint density at radius 1 is 1.40 bits per heavy atom. The molecule has 0 aromatic heterocycles. The highest BCUT2D eigenvalue weighted by Gasteiger charge is 2.13. The fourth-order valence-electron chi connectivity index (χ4n) is 1.64. The molecule has 1 aromatic rings. The molecule has 1 aromatic carbocycles. The maximum Gasteiger partial charge on any atom is 0.253 e. The number of nitrogens with one attached hydrogen (secondary N) is 2. The summed E-state index contributed by atoms with van der Waals surface area (Å²) in [5, 5.41) is 5.85. The number of amides is 2. The van der Waals surface area contributed by atoms with E-state index in [0.717, 1.165) is 0 Å². The molecule has 1 unspecified atom stereocenters. The lowest BCUT2D eigenvalue weighted by molar-refractivity contribution is -0.116. The quantitative estimate of drug-likeness (QED) is 0.752. The number of halogens is 1. The lowest BCUT2D eigenvalue weighted by Gasteiger charge is -2.12. The average Bonchev–Trinajstić information content (AvgIpc) is 2.38. The molecule has 1 atom stereocenters. The van der Waals surface area contributed by atoms with Crippen molar-refractivity contribution < 1.29 is 9.59 Å². The van der Waals surface area contributed by atoms with Gasteiger partial charge in [-0.1, -0.05) is 11.6 Å². The van der Waals surface area contributed by atoms with E-state index in [0.29, 0.717) is 35.7 Å². The summed E-state index contributed by atoms with van der Waals surface area (Å²) in [6.07, 6.45) is 0.908. The van der Waals surface area contributed by atoms with E-state index in [1.165, 1.54) is 6.07 Å². The molecule has 2 amide bonds. The van der Waals surface area contributed by atoms with Crippen molar-refractivity contribution in [2.24, 2.45) is 5.73 Å². The number of anilines is 1. The van der Waals surface area contributed by atoms with Gasteiger partial charge in [0.25, 0.3) is 5.91 Å². The summed E-state index contributed by atoms with van der Waals surface area (Å²) in [7, 11) is 0. The third kappa shape index (κ3) is 5.19. The zero-order valence-corrected chi connectivity index (χ0v) is 12.5. The molecule has 0 saturated heterocycles. The van der Waals surface area contributed by atoms with Crippen molar-refractivity contribution in [3.63, 3.8) is 0 Å². The van der Waals surface area contributed by atoms with Gasteiger partial charge in [-0.05, 0) is 38.5 Å². The van der Waals surface area contributed by atoms with Gasteiger partial charge in [0.05, 0.1) is 11.3 Å². The van der Waals surface area contributed by atoms with Crippen LogP contribution in [0.25, 0.3) is 0 Å². The molecular formula is C14H20ClN3O2. The van der Waals surface area contributed by atoms with Gasteiger partial charge in [0.2, 0.25) is 5.91 Å². The summed E-state index contributed by atoms with van der Waals surface area (Å²) in [6, 6.07) is 4.75. The minimum atomic E-state index is -0.266. The lowest BCUT2D eigenvalue weighted by Crippen LogP contribution is -2.25. The van der Waals surface area contributed by atoms with E-state index in [-0.39, 0.29) is 17.9 Å². The van der Waals surface area contributed by atoms with Crippen molar-refractivity contribution in [2.45, 2.75) is 32.7 Å². The number of nitrogens with two attached hydrogens (primary N) is 1. The largest absolute Gasteiger partial charge is 0.352 e. The summed E-state index contributed by atoms with van der Waals surface area (Å²) in [6.45, 7) is 4.17. The van der Waals surface area contributed by atoms with Crippen molar-refractivity contribution in [2.75, 3.05) is 11.9 Å². The Morgan fingerprint density at radius 3 is 2.70 bits per heavy atom. The maximum absolute atomic E-state index is 11.9. The molecule has 110 valence electrons. The van der Waals surface area contributed by atoms with Crippen LogP contribution in [0.4, 0.5) is 5.69 Å². The standard InChI is InChI=1S/C14H20ClN3O2/c1-3-17-14(20)11-8-10(15)5-6-12(11)18-13(19)7-4-9(2)16/h5-6,8-9H,3-4,7,16H2,1-2H3,(H,17,20)(H,18,19). The first-order valence-electron chi connectivity index (χ1n) is 6.57. The molecule has 4 N–H and O–H groups in total. The third-order valence-electron chi connectivity index (χ3n) is 2.66. The molecule has 0 aliphatic heterocycles. The van der Waals surface area contributed by atoms with Crippen LogP contribution >= 0.6 is 11.6 Å². The average molecular weight is 298 g/mol. The highest BCUT2D eigenvalue weighted by Crippen LogP contribution is 2.21. The minimum Gasteiger partial charge on any atom is -0.352 e. The number of carbonyl (C=O) groups excluding carboxylic acids is 2. The molecule has 1 rings (SSSR count). The van der Waals surface area contributed by atoms with E-state index >= 15 is 0 Å². The fourth-order valence-corrected chi connectivity index (χ4v) is 1.81. The first kappa shape index (κ1) is 16.5. The Hall–Kier alpha value is -1.59. The Bertz CT molecular complexity index is 489. The second-order valence-corrected chi connectivity index (χ2v) is 5.05. The second kappa shape index (κ2) is 7.87. The van der Waals surface area contributed by atoms with E-state index in [1.54, 1.807) is 12.1 Å². The summed E-state index contributed by atoms with van der Waals surface area (Å²) in [5.74, 6) is -0.437. The summed E-state index contributed by atoms with van der Waals surface area (Å²) in [5.41, 5.74) is 6.42. The Labute approximate surface area is 123 Å². The topological polar surface area (TPSA) is 84.2 Å². The lowest BCUT2D eigenvalue weighted by atomic mass is 10.1. The predicted molar refractivity (Wildman–Crippen MR) is 81.0 cm³/mol. The van der Waals surface area contributed by atoms with Crippen molar-refractivity contribution in [1.29, 1.82) is 0 Å². The summed E-state index contributed by atoms with van der Waals surface area (Å²) >= 11 is 5.89. The van der Waals surface area contributed by atoms with Crippen molar-refractivity contribution in [1.82, 2.24) is 5.32 Å². The normalized spacial score (nSPS) is 11.8. The molecule has 0 heterocycles. The maximum atomic E-state index is 11.9. The van der Waals surface area contributed by atoms with Gasteiger partial charge in [0, 0.05) is 24.0 Å². The van der Waals surface area contributed by atoms with Gasteiger partial charge in [-0.3, -0.25) is 9.59 Å². The molecule has 0 aliphatic carbocycles. The van der Waals surface area contributed by atoms with Crippen molar-refractivity contribution in [3.05, 3.63) is 28.8 Å². The molecule has 20 heavy (non-hydrogen) atoms. The molecule has 0 radical (unpaired) electrons. The van der Waals surface area contributed by atoms with Gasteiger partial charge in [-0.25, -0.2) is 0 Å². The van der Waals surface area contributed by atoms with E-state index in [9.17, 15) is 9.59 Å². The SMILES string of the molecule is CCNC(=O)c1cc(Cl)ccc1NC(=O)CCC(C)N. The van der Waals surface area contributed by atoms with Crippen LogP contribution in [0.3, 0.4) is 0 Å². The summed E-state index contributed by atoms with van der Waals surface area (Å²) < 4.78 is 0. The fraction of sp³-hybridized carbons (Fsp3) is 0.429. The monoisotopic (exact) mass is 297 g/mol. The molecule has 0 bridgehead atoms. The Balaban J connectivity index is 2.83.